The lowest BCUT2D eigenvalue weighted by molar-refractivity contribution is 0.0905. The Labute approximate surface area is 180 Å². The zero-order valence-electron chi connectivity index (χ0n) is 17.2. The largest absolute Gasteiger partial charge is 0.381 e. The van der Waals surface area contributed by atoms with Gasteiger partial charge >= 0.3 is 0 Å². The third kappa shape index (κ3) is 4.46. The van der Waals surface area contributed by atoms with Crippen LogP contribution in [0.3, 0.4) is 0 Å². The van der Waals surface area contributed by atoms with Gasteiger partial charge in [-0.05, 0) is 42.2 Å². The lowest BCUT2D eigenvalue weighted by Gasteiger charge is -2.27. The quantitative estimate of drug-likeness (QED) is 0.652. The lowest BCUT2D eigenvalue weighted by atomic mass is 10.1. The van der Waals surface area contributed by atoms with Gasteiger partial charge in [0.25, 0.3) is 0 Å². The van der Waals surface area contributed by atoms with Crippen LogP contribution in [0.25, 0.3) is 22.2 Å². The van der Waals surface area contributed by atoms with Crippen LogP contribution in [0.15, 0.2) is 48.5 Å². The number of ether oxygens (including phenoxy) is 1. The molecule has 5 rings (SSSR count). The van der Waals surface area contributed by atoms with Crippen LogP contribution < -0.4 is 5.32 Å². The van der Waals surface area contributed by atoms with E-state index in [1.807, 2.05) is 6.07 Å². The van der Waals surface area contributed by atoms with Gasteiger partial charge in [-0.15, -0.1) is 0 Å². The minimum absolute atomic E-state index is 0.443. The van der Waals surface area contributed by atoms with Crippen molar-refractivity contribution in [1.29, 1.82) is 0 Å². The number of aromatic nitrogens is 1. The third-order valence-electron chi connectivity index (χ3n) is 6.13. The molecule has 2 saturated heterocycles. The molecule has 0 radical (unpaired) electrons. The average molecular weight is 424 g/mol. The van der Waals surface area contributed by atoms with Gasteiger partial charge in [-0.2, -0.15) is 0 Å². The highest BCUT2D eigenvalue weighted by Gasteiger charge is 2.19. The summed E-state index contributed by atoms with van der Waals surface area (Å²) in [6, 6.07) is 17.8. The Kier molecular flexibility index (Phi) is 5.88. The number of anilines is 1. The average Bonchev–Trinajstić information content (AvgIpc) is 3.21. The van der Waals surface area contributed by atoms with Crippen molar-refractivity contribution in [3.05, 3.63) is 54.1 Å². The summed E-state index contributed by atoms with van der Waals surface area (Å²) in [6.07, 6.45) is 2.08. The van der Waals surface area contributed by atoms with Crippen LogP contribution in [0, 0.1) is 0 Å². The molecule has 2 aromatic carbocycles. The summed E-state index contributed by atoms with van der Waals surface area (Å²) in [6.45, 7) is 4.38. The van der Waals surface area contributed by atoms with E-state index in [-0.39, 0.29) is 0 Å². The molecule has 0 bridgehead atoms. The van der Waals surface area contributed by atoms with Crippen LogP contribution in [-0.4, -0.2) is 57.9 Å². The Hall–Kier alpha value is -2.15. The SMILES string of the molecule is O=S1CCN(Cc2cc(NC3CCOCC3)c3[nH]c(-c4ccccc4)cc3c2)CC1. The number of rotatable bonds is 5. The number of nitrogens with one attached hydrogen (secondary N) is 2. The third-order valence-corrected chi connectivity index (χ3v) is 7.41. The summed E-state index contributed by atoms with van der Waals surface area (Å²) in [5.41, 5.74) is 6.00. The highest BCUT2D eigenvalue weighted by Crippen LogP contribution is 2.32. The van der Waals surface area contributed by atoms with Gasteiger partial charge in [0.2, 0.25) is 0 Å². The minimum atomic E-state index is -0.639. The van der Waals surface area contributed by atoms with Crippen molar-refractivity contribution in [1.82, 2.24) is 9.88 Å². The number of nitrogens with zero attached hydrogens (tertiary/aromatic N) is 1. The van der Waals surface area contributed by atoms with Crippen LogP contribution in [0.2, 0.25) is 0 Å². The highest BCUT2D eigenvalue weighted by molar-refractivity contribution is 7.85. The molecule has 1 aromatic heterocycles. The van der Waals surface area contributed by atoms with Crippen molar-refractivity contribution in [3.8, 4) is 11.3 Å². The summed E-state index contributed by atoms with van der Waals surface area (Å²) in [5.74, 6) is 1.58. The van der Waals surface area contributed by atoms with Gasteiger partial charge < -0.3 is 15.0 Å². The first-order chi connectivity index (χ1) is 14.7. The molecule has 0 amide bonds. The normalized spacial score (nSPS) is 19.3. The fraction of sp³-hybridized carbons (Fsp3) is 0.417. The van der Waals surface area contributed by atoms with Crippen molar-refractivity contribution in [2.45, 2.75) is 25.4 Å². The van der Waals surface area contributed by atoms with E-state index in [1.54, 1.807) is 0 Å². The van der Waals surface area contributed by atoms with Crippen molar-refractivity contribution in [2.75, 3.05) is 43.1 Å². The summed E-state index contributed by atoms with van der Waals surface area (Å²) in [4.78, 5) is 6.08. The topological polar surface area (TPSA) is 57.4 Å². The molecule has 5 nitrogen and oxygen atoms in total. The maximum absolute atomic E-state index is 11.7. The van der Waals surface area contributed by atoms with Gasteiger partial charge in [-0.25, -0.2) is 0 Å². The Morgan fingerprint density at radius 1 is 1.07 bits per heavy atom. The number of H-pyrrole nitrogens is 1. The fourth-order valence-corrected chi connectivity index (χ4v) is 5.57. The molecule has 0 spiro atoms. The summed E-state index contributed by atoms with van der Waals surface area (Å²) in [5, 5.41) is 5.03. The molecule has 0 aliphatic carbocycles. The van der Waals surface area contributed by atoms with Gasteiger partial charge in [0.05, 0.1) is 11.2 Å². The molecule has 3 aromatic rings. The van der Waals surface area contributed by atoms with E-state index in [2.05, 4.69) is 57.7 Å². The van der Waals surface area contributed by atoms with E-state index < -0.39 is 10.8 Å². The zero-order valence-corrected chi connectivity index (χ0v) is 18.0. The summed E-state index contributed by atoms with van der Waals surface area (Å²) >= 11 is 0. The van der Waals surface area contributed by atoms with E-state index in [9.17, 15) is 4.21 Å². The smallest absolute Gasteiger partial charge is 0.0694 e. The number of aromatic amines is 1. The van der Waals surface area contributed by atoms with E-state index in [4.69, 9.17) is 4.74 Å². The number of benzene rings is 2. The van der Waals surface area contributed by atoms with E-state index in [1.165, 1.54) is 27.7 Å². The molecule has 6 heteroatoms. The number of hydrogen-bond acceptors (Lipinski definition) is 4. The molecular formula is C24H29N3O2S. The first-order valence-corrected chi connectivity index (χ1v) is 12.4. The van der Waals surface area contributed by atoms with Crippen molar-refractivity contribution < 1.29 is 8.95 Å². The molecule has 2 N–H and O–H groups in total. The lowest BCUT2D eigenvalue weighted by Crippen LogP contribution is -2.37. The van der Waals surface area contributed by atoms with Crippen LogP contribution in [0.1, 0.15) is 18.4 Å². The Morgan fingerprint density at radius 3 is 2.60 bits per heavy atom. The Bertz CT molecular complexity index is 1020. The second-order valence-corrected chi connectivity index (χ2v) is 10.0. The minimum Gasteiger partial charge on any atom is -0.381 e. The van der Waals surface area contributed by atoms with Crippen molar-refractivity contribution >= 4 is 27.4 Å². The van der Waals surface area contributed by atoms with Crippen molar-refractivity contribution in [2.24, 2.45) is 0 Å². The fourth-order valence-electron chi connectivity index (χ4n) is 4.44. The molecular weight excluding hydrogens is 394 g/mol. The summed E-state index contributed by atoms with van der Waals surface area (Å²) < 4.78 is 17.2. The van der Waals surface area contributed by atoms with E-state index in [0.29, 0.717) is 6.04 Å². The molecule has 0 atom stereocenters. The highest BCUT2D eigenvalue weighted by atomic mass is 32.2. The first-order valence-electron chi connectivity index (χ1n) is 10.9. The van der Waals surface area contributed by atoms with Gasteiger partial charge in [0.15, 0.2) is 0 Å². The molecule has 2 aliphatic rings. The van der Waals surface area contributed by atoms with Gasteiger partial charge in [-0.3, -0.25) is 9.11 Å². The molecule has 30 heavy (non-hydrogen) atoms. The molecule has 2 aliphatic heterocycles. The zero-order chi connectivity index (χ0) is 20.3. The molecule has 0 unspecified atom stereocenters. The molecule has 3 heterocycles. The van der Waals surface area contributed by atoms with Gasteiger partial charge in [0, 0.05) is 72.3 Å². The van der Waals surface area contributed by atoms with Crippen LogP contribution in [0.4, 0.5) is 5.69 Å². The molecule has 2 fully saturated rings. The Balaban J connectivity index is 1.48. The molecule has 0 saturated carbocycles. The Morgan fingerprint density at radius 2 is 1.83 bits per heavy atom. The van der Waals surface area contributed by atoms with Gasteiger partial charge in [-0.1, -0.05) is 30.3 Å². The maximum atomic E-state index is 11.7. The maximum Gasteiger partial charge on any atom is 0.0694 e. The monoisotopic (exact) mass is 423 g/mol. The second-order valence-electron chi connectivity index (χ2n) is 8.31. The number of hydrogen-bond donors (Lipinski definition) is 2. The number of fused-ring (bicyclic) bond motifs is 1. The van der Waals surface area contributed by atoms with Crippen LogP contribution >= 0.6 is 0 Å². The second kappa shape index (κ2) is 8.92. The van der Waals surface area contributed by atoms with Gasteiger partial charge in [0.1, 0.15) is 0 Å². The molecule has 158 valence electrons. The van der Waals surface area contributed by atoms with Crippen molar-refractivity contribution in [3.63, 3.8) is 0 Å². The predicted molar refractivity (Wildman–Crippen MR) is 124 cm³/mol. The van der Waals surface area contributed by atoms with Crippen LogP contribution in [0.5, 0.6) is 0 Å². The van der Waals surface area contributed by atoms with Crippen LogP contribution in [-0.2, 0) is 22.1 Å². The first kappa shape index (κ1) is 19.8. The van der Waals surface area contributed by atoms with E-state index in [0.717, 1.165) is 62.9 Å². The predicted octanol–water partition coefficient (Wildman–Crippen LogP) is 3.99. The van der Waals surface area contributed by atoms with E-state index >= 15 is 0 Å². The standard InChI is InChI=1S/C24H29N3O2S/c28-30-12-8-27(9-13-30)17-18-14-20-16-22(19-4-2-1-3-5-19)26-24(20)23(15-18)25-21-6-10-29-11-7-21/h1-5,14-16,21,25-26H,6-13,17H2. The summed E-state index contributed by atoms with van der Waals surface area (Å²) in [7, 11) is -0.639.